The van der Waals surface area contributed by atoms with E-state index in [2.05, 4.69) is 181 Å². The Morgan fingerprint density at radius 2 is 1.08 bits per heavy atom. The van der Waals surface area contributed by atoms with Crippen molar-refractivity contribution < 1.29 is 4.42 Å². The monoisotopic (exact) mass is 667 g/mol. The van der Waals surface area contributed by atoms with Crippen LogP contribution in [0.25, 0.3) is 85.6 Å². The maximum atomic E-state index is 6.88. The van der Waals surface area contributed by atoms with Gasteiger partial charge in [-0.25, -0.2) is 0 Å². The van der Waals surface area contributed by atoms with Gasteiger partial charge < -0.3 is 9.32 Å². The molecule has 11 aromatic rings. The predicted octanol–water partition coefficient (Wildman–Crippen LogP) is 14.6. The van der Waals surface area contributed by atoms with Crippen LogP contribution in [0.2, 0.25) is 0 Å². The molecule has 0 fully saturated rings. The number of fused-ring (bicyclic) bond motifs is 10. The summed E-state index contributed by atoms with van der Waals surface area (Å²) in [4.78, 5) is 2.46. The Morgan fingerprint density at radius 3 is 1.98 bits per heavy atom. The minimum Gasteiger partial charge on any atom is -0.455 e. The number of nitrogens with zero attached hydrogens (tertiary/aromatic N) is 1. The van der Waals surface area contributed by atoms with Gasteiger partial charge in [0.1, 0.15) is 11.2 Å². The fourth-order valence-electron chi connectivity index (χ4n) is 8.13. The van der Waals surface area contributed by atoms with Gasteiger partial charge in [-0.15, -0.1) is 11.3 Å². The number of hydrogen-bond donors (Lipinski definition) is 0. The summed E-state index contributed by atoms with van der Waals surface area (Å²) in [6.07, 6.45) is 0. The van der Waals surface area contributed by atoms with E-state index in [4.69, 9.17) is 4.42 Å². The van der Waals surface area contributed by atoms with Gasteiger partial charge in [0.15, 0.2) is 0 Å². The summed E-state index contributed by atoms with van der Waals surface area (Å²) in [6, 6.07) is 63.7. The summed E-state index contributed by atoms with van der Waals surface area (Å²) in [5.74, 6) is 0. The summed E-state index contributed by atoms with van der Waals surface area (Å²) < 4.78 is 9.43. The number of furan rings is 1. The number of para-hydroxylation sites is 1. The number of benzene rings is 9. The van der Waals surface area contributed by atoms with Crippen molar-refractivity contribution in [3.63, 3.8) is 0 Å². The lowest BCUT2D eigenvalue weighted by Gasteiger charge is -2.27. The third kappa shape index (κ3) is 4.29. The van der Waals surface area contributed by atoms with Crippen LogP contribution >= 0.6 is 11.3 Å². The largest absolute Gasteiger partial charge is 0.455 e. The molecule has 3 heteroatoms. The van der Waals surface area contributed by atoms with Crippen molar-refractivity contribution >= 4 is 103 Å². The summed E-state index contributed by atoms with van der Waals surface area (Å²) in [5, 5.41) is 12.2. The van der Waals surface area contributed by atoms with Gasteiger partial charge in [0.05, 0.1) is 21.5 Å². The summed E-state index contributed by atoms with van der Waals surface area (Å²) >= 11 is 1.86. The average molecular weight is 668 g/mol. The third-order valence-corrected chi connectivity index (χ3v) is 11.6. The van der Waals surface area contributed by atoms with E-state index in [1.54, 1.807) is 0 Å². The highest BCUT2D eigenvalue weighted by molar-refractivity contribution is 7.26. The molecule has 238 valence electrons. The molecule has 0 bridgehead atoms. The topological polar surface area (TPSA) is 16.4 Å². The predicted molar refractivity (Wildman–Crippen MR) is 219 cm³/mol. The lowest BCUT2D eigenvalue weighted by atomic mass is 9.95. The maximum absolute atomic E-state index is 6.88. The molecule has 0 aliphatic rings. The molecule has 11 rings (SSSR count). The molecule has 0 unspecified atom stereocenters. The molecular weight excluding hydrogens is 639 g/mol. The molecule has 0 atom stereocenters. The fraction of sp³-hybridized carbons (Fsp3) is 0. The Labute approximate surface area is 298 Å². The van der Waals surface area contributed by atoms with Gasteiger partial charge in [0.2, 0.25) is 0 Å². The van der Waals surface area contributed by atoms with Crippen LogP contribution in [0.15, 0.2) is 180 Å². The molecule has 51 heavy (non-hydrogen) atoms. The molecule has 0 spiro atoms. The van der Waals surface area contributed by atoms with Crippen LogP contribution in [0.4, 0.5) is 17.1 Å². The van der Waals surface area contributed by atoms with E-state index in [-0.39, 0.29) is 0 Å². The van der Waals surface area contributed by atoms with Crippen LogP contribution < -0.4 is 4.90 Å². The van der Waals surface area contributed by atoms with Crippen LogP contribution in [-0.4, -0.2) is 0 Å². The van der Waals surface area contributed by atoms with Gasteiger partial charge in [0, 0.05) is 32.1 Å². The van der Waals surface area contributed by atoms with E-state index in [0.29, 0.717) is 0 Å². The molecular formula is C48H29NOS. The van der Waals surface area contributed by atoms with Gasteiger partial charge in [-0.05, 0) is 80.3 Å². The maximum Gasteiger partial charge on any atom is 0.145 e. The number of hydrogen-bond acceptors (Lipinski definition) is 3. The van der Waals surface area contributed by atoms with E-state index in [9.17, 15) is 0 Å². The summed E-state index contributed by atoms with van der Waals surface area (Å²) in [6.45, 7) is 0. The Morgan fingerprint density at radius 1 is 0.412 bits per heavy atom. The summed E-state index contributed by atoms with van der Waals surface area (Å²) in [5.41, 5.74) is 7.37. The molecule has 2 heterocycles. The van der Waals surface area contributed by atoms with Crippen LogP contribution in [0.5, 0.6) is 0 Å². The third-order valence-electron chi connectivity index (χ3n) is 10.4. The van der Waals surface area contributed by atoms with E-state index in [0.717, 1.165) is 44.6 Å². The first kappa shape index (κ1) is 28.4. The molecule has 9 aromatic carbocycles. The molecule has 0 radical (unpaired) electrons. The van der Waals surface area contributed by atoms with Gasteiger partial charge in [-0.1, -0.05) is 133 Å². The first-order valence-corrected chi connectivity index (χ1v) is 18.2. The first-order valence-electron chi connectivity index (χ1n) is 17.3. The number of thiophene rings is 1. The Kier molecular flexibility index (Phi) is 6.16. The Hall–Kier alpha value is -6.42. The molecule has 0 saturated heterocycles. The molecule has 2 nitrogen and oxygen atoms in total. The lowest BCUT2D eigenvalue weighted by molar-refractivity contribution is 0.670. The van der Waals surface area contributed by atoms with E-state index < -0.39 is 0 Å². The molecule has 0 aliphatic heterocycles. The van der Waals surface area contributed by atoms with Gasteiger partial charge in [0.25, 0.3) is 0 Å². The zero-order valence-electron chi connectivity index (χ0n) is 27.5. The number of rotatable bonds is 4. The molecule has 0 saturated carbocycles. The molecule has 0 N–H and O–H groups in total. The zero-order chi connectivity index (χ0) is 33.5. The minimum atomic E-state index is 0.881. The Balaban J connectivity index is 1.25. The standard InChI is InChI=1S/C48H29NOS/c1-4-15-35-30(11-1)13-9-18-37(35)39-27-28-42(46-41-17-5-7-21-44(41)50-47(39)46)49(43-20-10-19-40-38-16-6-8-22-45(38)51-48(40)43)33-25-26-36-32(29-33)24-23-31-12-2-3-14-34(31)36/h1-29H. The highest BCUT2D eigenvalue weighted by Gasteiger charge is 2.25. The smallest absolute Gasteiger partial charge is 0.145 e. The van der Waals surface area contributed by atoms with Gasteiger partial charge in [-0.3, -0.25) is 0 Å². The summed E-state index contributed by atoms with van der Waals surface area (Å²) in [7, 11) is 0. The Bertz CT molecular complexity index is 3160. The minimum absolute atomic E-state index is 0.881. The molecule has 0 aliphatic carbocycles. The van der Waals surface area contributed by atoms with E-state index >= 15 is 0 Å². The SMILES string of the molecule is c1ccc2c(-c3ccc(N(c4ccc5c(ccc6ccccc65)c4)c4cccc5c4sc4ccccc45)c4c3oc3ccccc34)cccc2c1. The van der Waals surface area contributed by atoms with Crippen molar-refractivity contribution in [2.24, 2.45) is 0 Å². The van der Waals surface area contributed by atoms with E-state index in [1.165, 1.54) is 58.1 Å². The second-order valence-electron chi connectivity index (χ2n) is 13.2. The lowest BCUT2D eigenvalue weighted by Crippen LogP contribution is -2.10. The van der Waals surface area contributed by atoms with Crippen LogP contribution in [0.1, 0.15) is 0 Å². The quantitative estimate of drug-likeness (QED) is 0.174. The second-order valence-corrected chi connectivity index (χ2v) is 14.3. The average Bonchev–Trinajstić information content (AvgIpc) is 3.78. The molecule has 2 aromatic heterocycles. The van der Waals surface area contributed by atoms with Crippen molar-refractivity contribution in [3.05, 3.63) is 176 Å². The van der Waals surface area contributed by atoms with Crippen LogP contribution in [-0.2, 0) is 0 Å². The van der Waals surface area contributed by atoms with Crippen molar-refractivity contribution in [1.29, 1.82) is 0 Å². The van der Waals surface area contributed by atoms with Crippen LogP contribution in [0.3, 0.4) is 0 Å². The van der Waals surface area contributed by atoms with Crippen molar-refractivity contribution in [2.75, 3.05) is 4.90 Å². The number of anilines is 3. The van der Waals surface area contributed by atoms with Crippen molar-refractivity contribution in [3.8, 4) is 11.1 Å². The first-order chi connectivity index (χ1) is 25.3. The van der Waals surface area contributed by atoms with Gasteiger partial charge >= 0.3 is 0 Å². The highest BCUT2D eigenvalue weighted by atomic mass is 32.1. The zero-order valence-corrected chi connectivity index (χ0v) is 28.3. The highest BCUT2D eigenvalue weighted by Crippen LogP contribution is 2.50. The normalized spacial score (nSPS) is 11.9. The van der Waals surface area contributed by atoms with Crippen molar-refractivity contribution in [2.45, 2.75) is 0 Å². The van der Waals surface area contributed by atoms with Gasteiger partial charge in [-0.2, -0.15) is 0 Å². The molecule has 0 amide bonds. The second kappa shape index (κ2) is 11.0. The fourth-order valence-corrected chi connectivity index (χ4v) is 9.33. The van der Waals surface area contributed by atoms with Crippen LogP contribution in [0, 0.1) is 0 Å². The van der Waals surface area contributed by atoms with E-state index in [1.807, 2.05) is 11.3 Å². The van der Waals surface area contributed by atoms with Crippen molar-refractivity contribution in [1.82, 2.24) is 0 Å².